The SMILES string of the molecule is CC(O)(CNS(=O)(=O)CCc1ccccc1)c1cc2ccccc2o1. The third kappa shape index (κ3) is 4.48. The molecule has 2 aromatic carbocycles. The number of aliphatic hydroxyl groups is 1. The summed E-state index contributed by atoms with van der Waals surface area (Å²) >= 11 is 0. The van der Waals surface area contributed by atoms with Crippen LogP contribution < -0.4 is 4.72 Å². The summed E-state index contributed by atoms with van der Waals surface area (Å²) in [6, 6.07) is 18.6. The summed E-state index contributed by atoms with van der Waals surface area (Å²) in [6.07, 6.45) is 0.420. The highest BCUT2D eigenvalue weighted by atomic mass is 32.2. The molecule has 1 unspecified atom stereocenters. The van der Waals surface area contributed by atoms with E-state index in [-0.39, 0.29) is 12.3 Å². The second-order valence-corrected chi connectivity index (χ2v) is 8.22. The third-order valence-corrected chi connectivity index (χ3v) is 5.42. The van der Waals surface area contributed by atoms with Crippen molar-refractivity contribution in [1.82, 2.24) is 4.72 Å². The monoisotopic (exact) mass is 359 g/mol. The van der Waals surface area contributed by atoms with E-state index in [9.17, 15) is 13.5 Å². The van der Waals surface area contributed by atoms with Crippen molar-refractivity contribution in [3.05, 3.63) is 72.0 Å². The van der Waals surface area contributed by atoms with Crippen molar-refractivity contribution in [3.63, 3.8) is 0 Å². The quantitative estimate of drug-likeness (QED) is 0.680. The highest BCUT2D eigenvalue weighted by Crippen LogP contribution is 2.27. The topological polar surface area (TPSA) is 79.5 Å². The Hall–Kier alpha value is -2.15. The van der Waals surface area contributed by atoms with Gasteiger partial charge in [-0.05, 0) is 31.0 Å². The van der Waals surface area contributed by atoms with Gasteiger partial charge in [-0.2, -0.15) is 0 Å². The molecule has 3 aromatic rings. The molecule has 0 amide bonds. The van der Waals surface area contributed by atoms with Gasteiger partial charge in [0, 0.05) is 11.9 Å². The molecule has 5 nitrogen and oxygen atoms in total. The molecule has 0 saturated carbocycles. The van der Waals surface area contributed by atoms with Crippen LogP contribution in [0.1, 0.15) is 18.2 Å². The molecule has 1 aromatic heterocycles. The van der Waals surface area contributed by atoms with Gasteiger partial charge in [-0.1, -0.05) is 48.5 Å². The summed E-state index contributed by atoms with van der Waals surface area (Å²) in [6.45, 7) is 1.38. The molecule has 0 aliphatic carbocycles. The molecule has 0 radical (unpaired) electrons. The largest absolute Gasteiger partial charge is 0.458 e. The minimum Gasteiger partial charge on any atom is -0.458 e. The minimum atomic E-state index is -3.50. The molecular weight excluding hydrogens is 338 g/mol. The van der Waals surface area contributed by atoms with E-state index < -0.39 is 15.6 Å². The summed E-state index contributed by atoms with van der Waals surface area (Å²) in [5, 5.41) is 11.5. The molecule has 1 atom stereocenters. The second-order valence-electron chi connectivity index (χ2n) is 6.30. The summed E-state index contributed by atoms with van der Waals surface area (Å²) in [7, 11) is -3.50. The molecule has 6 heteroatoms. The molecule has 2 N–H and O–H groups in total. The fourth-order valence-electron chi connectivity index (χ4n) is 2.55. The van der Waals surface area contributed by atoms with Crippen LogP contribution in [-0.2, 0) is 22.0 Å². The third-order valence-electron chi connectivity index (χ3n) is 4.09. The van der Waals surface area contributed by atoms with Crippen molar-refractivity contribution in [2.75, 3.05) is 12.3 Å². The average Bonchev–Trinajstić information content (AvgIpc) is 3.05. The van der Waals surface area contributed by atoms with Gasteiger partial charge in [-0.15, -0.1) is 0 Å². The molecular formula is C19H21NO4S. The van der Waals surface area contributed by atoms with Gasteiger partial charge in [-0.3, -0.25) is 0 Å². The van der Waals surface area contributed by atoms with Crippen LogP contribution in [0, 0.1) is 0 Å². The first kappa shape index (κ1) is 17.7. The van der Waals surface area contributed by atoms with E-state index in [1.54, 1.807) is 12.1 Å². The maximum Gasteiger partial charge on any atom is 0.212 e. The molecule has 0 fully saturated rings. The van der Waals surface area contributed by atoms with E-state index in [1.165, 1.54) is 6.92 Å². The molecule has 0 bridgehead atoms. The summed E-state index contributed by atoms with van der Waals surface area (Å²) in [4.78, 5) is 0. The Morgan fingerprint density at radius 1 is 1.08 bits per heavy atom. The first-order valence-electron chi connectivity index (χ1n) is 8.08. The number of hydrogen-bond acceptors (Lipinski definition) is 4. The van der Waals surface area contributed by atoms with Crippen molar-refractivity contribution >= 4 is 21.0 Å². The van der Waals surface area contributed by atoms with Gasteiger partial charge in [0.05, 0.1) is 5.75 Å². The average molecular weight is 359 g/mol. The molecule has 132 valence electrons. The standard InChI is InChI=1S/C19H21NO4S/c1-19(21,18-13-16-9-5-6-10-17(16)24-18)14-20-25(22,23)12-11-15-7-3-2-4-8-15/h2-10,13,20-21H,11-12,14H2,1H3. The minimum absolute atomic E-state index is 0.0345. The Balaban J connectivity index is 1.64. The van der Waals surface area contributed by atoms with Crippen LogP contribution in [0.15, 0.2) is 65.1 Å². The lowest BCUT2D eigenvalue weighted by molar-refractivity contribution is 0.0412. The highest BCUT2D eigenvalue weighted by Gasteiger charge is 2.29. The van der Waals surface area contributed by atoms with E-state index in [0.717, 1.165) is 10.9 Å². The summed E-state index contributed by atoms with van der Waals surface area (Å²) < 4.78 is 32.5. The second kappa shape index (κ2) is 7.00. The van der Waals surface area contributed by atoms with Crippen LogP contribution in [0.25, 0.3) is 11.0 Å². The van der Waals surface area contributed by atoms with Gasteiger partial charge in [0.15, 0.2) is 0 Å². The Morgan fingerprint density at radius 3 is 2.48 bits per heavy atom. The maximum absolute atomic E-state index is 12.2. The molecule has 25 heavy (non-hydrogen) atoms. The zero-order valence-electron chi connectivity index (χ0n) is 14.0. The molecule has 0 spiro atoms. The van der Waals surface area contributed by atoms with Gasteiger partial charge >= 0.3 is 0 Å². The Bertz CT molecular complexity index is 913. The number of nitrogens with one attached hydrogen (secondary N) is 1. The number of benzene rings is 2. The van der Waals surface area contributed by atoms with Crippen LogP contribution >= 0.6 is 0 Å². The maximum atomic E-state index is 12.2. The van der Waals surface area contributed by atoms with E-state index in [0.29, 0.717) is 17.8 Å². The Kier molecular flexibility index (Phi) is 4.94. The van der Waals surface area contributed by atoms with Crippen LogP contribution in [-0.4, -0.2) is 25.8 Å². The van der Waals surface area contributed by atoms with Gasteiger partial charge < -0.3 is 9.52 Å². The Labute approximate surface area is 147 Å². The molecule has 3 rings (SSSR count). The summed E-state index contributed by atoms with van der Waals surface area (Å²) in [5.74, 6) is 0.298. The van der Waals surface area contributed by atoms with E-state index >= 15 is 0 Å². The predicted molar refractivity (Wildman–Crippen MR) is 97.7 cm³/mol. The lowest BCUT2D eigenvalue weighted by atomic mass is 10.0. The van der Waals surface area contributed by atoms with Gasteiger partial charge in [0.2, 0.25) is 10.0 Å². The molecule has 1 heterocycles. The lowest BCUT2D eigenvalue weighted by Crippen LogP contribution is -2.39. The number of fused-ring (bicyclic) bond motifs is 1. The van der Waals surface area contributed by atoms with E-state index in [4.69, 9.17) is 4.42 Å². The number of aryl methyl sites for hydroxylation is 1. The normalized spacial score (nSPS) is 14.5. The number of hydrogen-bond donors (Lipinski definition) is 2. The predicted octanol–water partition coefficient (Wildman–Crippen LogP) is 2.80. The fraction of sp³-hybridized carbons (Fsp3) is 0.263. The van der Waals surface area contributed by atoms with Crippen LogP contribution in [0.2, 0.25) is 0 Å². The fourth-order valence-corrected chi connectivity index (χ4v) is 3.70. The van der Waals surface area contributed by atoms with Crippen LogP contribution in [0.4, 0.5) is 0 Å². The lowest BCUT2D eigenvalue weighted by Gasteiger charge is -2.21. The first-order valence-corrected chi connectivity index (χ1v) is 9.74. The van der Waals surface area contributed by atoms with Crippen molar-refractivity contribution in [1.29, 1.82) is 0 Å². The number of furan rings is 1. The van der Waals surface area contributed by atoms with Gasteiger partial charge in [-0.25, -0.2) is 13.1 Å². The van der Waals surface area contributed by atoms with E-state index in [1.807, 2.05) is 48.5 Å². The van der Waals surface area contributed by atoms with Gasteiger partial charge in [0.1, 0.15) is 16.9 Å². The van der Waals surface area contributed by atoms with Crippen LogP contribution in [0.3, 0.4) is 0 Å². The molecule has 0 aliphatic heterocycles. The summed E-state index contributed by atoms with van der Waals surface area (Å²) in [5.41, 5.74) is 0.181. The van der Waals surface area contributed by atoms with Crippen molar-refractivity contribution in [2.45, 2.75) is 18.9 Å². The number of rotatable bonds is 7. The Morgan fingerprint density at radius 2 is 1.76 bits per heavy atom. The first-order chi connectivity index (χ1) is 11.9. The van der Waals surface area contributed by atoms with E-state index in [2.05, 4.69) is 4.72 Å². The number of sulfonamides is 1. The smallest absolute Gasteiger partial charge is 0.212 e. The highest BCUT2D eigenvalue weighted by molar-refractivity contribution is 7.89. The zero-order chi connectivity index (χ0) is 17.9. The zero-order valence-corrected chi connectivity index (χ0v) is 14.8. The molecule has 0 saturated heterocycles. The van der Waals surface area contributed by atoms with Crippen molar-refractivity contribution in [2.24, 2.45) is 0 Å². The molecule has 0 aliphatic rings. The number of para-hydroxylation sites is 1. The van der Waals surface area contributed by atoms with Crippen LogP contribution in [0.5, 0.6) is 0 Å². The van der Waals surface area contributed by atoms with Crippen molar-refractivity contribution in [3.8, 4) is 0 Å². The van der Waals surface area contributed by atoms with Gasteiger partial charge in [0.25, 0.3) is 0 Å². The van der Waals surface area contributed by atoms with Crippen molar-refractivity contribution < 1.29 is 17.9 Å².